The maximum atomic E-state index is 10.4. The molecular formula is C6H9NO2. The predicted molar refractivity (Wildman–Crippen MR) is 32.8 cm³/mol. The normalized spacial score (nSPS) is 27.0. The van der Waals surface area contributed by atoms with Crippen molar-refractivity contribution in [3.05, 3.63) is 12.3 Å². The Balaban J connectivity index is 2.54. The van der Waals surface area contributed by atoms with Gasteiger partial charge in [0, 0.05) is 12.5 Å². The Morgan fingerprint density at radius 3 is 3.00 bits per heavy atom. The van der Waals surface area contributed by atoms with E-state index in [0.29, 0.717) is 12.3 Å². The van der Waals surface area contributed by atoms with Gasteiger partial charge in [-0.2, -0.15) is 0 Å². The first kappa shape index (κ1) is 6.13. The maximum absolute atomic E-state index is 10.4. The molecule has 1 amide bonds. The second-order valence-corrected chi connectivity index (χ2v) is 2.14. The van der Waals surface area contributed by atoms with Gasteiger partial charge in [0.25, 0.3) is 0 Å². The van der Waals surface area contributed by atoms with Crippen LogP contribution in [-0.4, -0.2) is 12.6 Å². The molecule has 0 saturated carbocycles. The van der Waals surface area contributed by atoms with E-state index in [2.05, 4.69) is 16.6 Å². The molecule has 1 N–H and O–H groups in total. The van der Waals surface area contributed by atoms with Gasteiger partial charge in [0.05, 0.1) is 0 Å². The van der Waals surface area contributed by atoms with E-state index in [4.69, 9.17) is 0 Å². The van der Waals surface area contributed by atoms with Crippen LogP contribution in [0.25, 0.3) is 0 Å². The van der Waals surface area contributed by atoms with Crippen molar-refractivity contribution in [3.8, 4) is 0 Å². The summed E-state index contributed by atoms with van der Waals surface area (Å²) in [4.78, 5) is 10.4. The van der Waals surface area contributed by atoms with Gasteiger partial charge in [-0.3, -0.25) is 0 Å². The minimum Gasteiger partial charge on any atom is -0.415 e. The second-order valence-electron chi connectivity index (χ2n) is 2.14. The van der Waals surface area contributed by atoms with Crippen LogP contribution in [0.2, 0.25) is 0 Å². The van der Waals surface area contributed by atoms with Crippen LogP contribution in [0, 0.1) is 5.92 Å². The molecule has 0 aromatic heterocycles. The number of rotatable bonds is 0. The minimum absolute atomic E-state index is 0.239. The van der Waals surface area contributed by atoms with Crippen LogP contribution in [0.3, 0.4) is 0 Å². The first-order chi connectivity index (χ1) is 4.20. The fourth-order valence-corrected chi connectivity index (χ4v) is 0.606. The van der Waals surface area contributed by atoms with Crippen LogP contribution >= 0.6 is 0 Å². The summed E-state index contributed by atoms with van der Waals surface area (Å²) in [5.41, 5.74) is 0. The number of carbonyl (C=O) groups is 1. The fraction of sp³-hybridized carbons (Fsp3) is 0.500. The number of amides is 1. The lowest BCUT2D eigenvalue weighted by molar-refractivity contribution is 0.149. The third kappa shape index (κ3) is 1.22. The van der Waals surface area contributed by atoms with Gasteiger partial charge in [-0.1, -0.05) is 13.5 Å². The van der Waals surface area contributed by atoms with Gasteiger partial charge < -0.3 is 10.1 Å². The van der Waals surface area contributed by atoms with Crippen molar-refractivity contribution in [2.75, 3.05) is 6.54 Å². The molecule has 0 aromatic rings. The standard InChI is InChI=1S/C6H9NO2/c1-4-3-7-6(8)9-5(4)2/h4H,2-3H2,1H3,(H,7,8). The number of alkyl carbamates (subject to hydrolysis) is 1. The number of hydrogen-bond acceptors (Lipinski definition) is 2. The SMILES string of the molecule is C=C1OC(=O)NCC1C. The molecule has 0 spiro atoms. The van der Waals surface area contributed by atoms with Crippen molar-refractivity contribution in [3.63, 3.8) is 0 Å². The summed E-state index contributed by atoms with van der Waals surface area (Å²) in [5.74, 6) is 0.793. The van der Waals surface area contributed by atoms with Crippen molar-refractivity contribution < 1.29 is 9.53 Å². The van der Waals surface area contributed by atoms with E-state index >= 15 is 0 Å². The lowest BCUT2D eigenvalue weighted by Crippen LogP contribution is -2.35. The van der Waals surface area contributed by atoms with Crippen LogP contribution in [0.5, 0.6) is 0 Å². The largest absolute Gasteiger partial charge is 0.415 e. The number of ether oxygens (including phenoxy) is 1. The molecule has 0 bridgehead atoms. The van der Waals surface area contributed by atoms with Gasteiger partial charge in [0.1, 0.15) is 5.76 Å². The Morgan fingerprint density at radius 2 is 2.56 bits per heavy atom. The third-order valence-electron chi connectivity index (χ3n) is 1.33. The molecule has 1 aliphatic rings. The van der Waals surface area contributed by atoms with Crippen LogP contribution in [0.1, 0.15) is 6.92 Å². The second kappa shape index (κ2) is 2.09. The zero-order chi connectivity index (χ0) is 6.85. The van der Waals surface area contributed by atoms with E-state index in [1.54, 1.807) is 0 Å². The van der Waals surface area contributed by atoms with Crippen molar-refractivity contribution in [1.29, 1.82) is 0 Å². The summed E-state index contributed by atoms with van der Waals surface area (Å²) in [6, 6.07) is 0. The van der Waals surface area contributed by atoms with Gasteiger partial charge >= 0.3 is 6.09 Å². The van der Waals surface area contributed by atoms with Gasteiger partial charge in [0.15, 0.2) is 0 Å². The van der Waals surface area contributed by atoms with Crippen LogP contribution < -0.4 is 5.32 Å². The van der Waals surface area contributed by atoms with E-state index in [1.165, 1.54) is 0 Å². The molecule has 0 aliphatic carbocycles. The van der Waals surface area contributed by atoms with E-state index in [-0.39, 0.29) is 5.92 Å². The topological polar surface area (TPSA) is 38.3 Å². The molecule has 0 aromatic carbocycles. The first-order valence-electron chi connectivity index (χ1n) is 2.84. The zero-order valence-corrected chi connectivity index (χ0v) is 5.31. The molecule has 50 valence electrons. The maximum Gasteiger partial charge on any atom is 0.412 e. The number of cyclic esters (lactones) is 1. The summed E-state index contributed by atoms with van der Waals surface area (Å²) in [6.45, 7) is 6.15. The fourth-order valence-electron chi connectivity index (χ4n) is 0.606. The highest BCUT2D eigenvalue weighted by atomic mass is 16.6. The Bertz CT molecular complexity index is 153. The van der Waals surface area contributed by atoms with Crippen LogP contribution in [0.15, 0.2) is 12.3 Å². The predicted octanol–water partition coefficient (Wildman–Crippen LogP) is 0.876. The Hall–Kier alpha value is -0.990. The van der Waals surface area contributed by atoms with Crippen molar-refractivity contribution >= 4 is 6.09 Å². The van der Waals surface area contributed by atoms with Gasteiger partial charge in [-0.15, -0.1) is 0 Å². The number of carbonyl (C=O) groups excluding carboxylic acids is 1. The van der Waals surface area contributed by atoms with E-state index in [9.17, 15) is 4.79 Å². The molecule has 1 unspecified atom stereocenters. The van der Waals surface area contributed by atoms with E-state index < -0.39 is 6.09 Å². The van der Waals surface area contributed by atoms with Gasteiger partial charge in [-0.05, 0) is 0 Å². The molecule has 3 nitrogen and oxygen atoms in total. The van der Waals surface area contributed by atoms with Gasteiger partial charge in [0.2, 0.25) is 0 Å². The Kier molecular flexibility index (Phi) is 1.42. The lowest BCUT2D eigenvalue weighted by atomic mass is 10.1. The monoisotopic (exact) mass is 127 g/mol. The van der Waals surface area contributed by atoms with Crippen molar-refractivity contribution in [2.24, 2.45) is 5.92 Å². The lowest BCUT2D eigenvalue weighted by Gasteiger charge is -2.20. The molecule has 1 heterocycles. The van der Waals surface area contributed by atoms with E-state index in [0.717, 1.165) is 0 Å². The quantitative estimate of drug-likeness (QED) is 0.524. The molecule has 1 fully saturated rings. The highest BCUT2D eigenvalue weighted by Gasteiger charge is 2.18. The van der Waals surface area contributed by atoms with Gasteiger partial charge in [-0.25, -0.2) is 4.79 Å². The molecule has 1 atom stereocenters. The highest BCUT2D eigenvalue weighted by molar-refractivity contribution is 5.69. The molecule has 1 saturated heterocycles. The Morgan fingerprint density at radius 1 is 1.89 bits per heavy atom. The van der Waals surface area contributed by atoms with Crippen molar-refractivity contribution in [2.45, 2.75) is 6.92 Å². The average Bonchev–Trinajstić information content (AvgIpc) is 1.80. The molecule has 3 heteroatoms. The highest BCUT2D eigenvalue weighted by Crippen LogP contribution is 2.12. The molecule has 1 rings (SSSR count). The Labute approximate surface area is 53.7 Å². The minimum atomic E-state index is -0.391. The molecule has 0 radical (unpaired) electrons. The summed E-state index contributed by atoms with van der Waals surface area (Å²) in [7, 11) is 0. The summed E-state index contributed by atoms with van der Waals surface area (Å²) in [5, 5.41) is 2.54. The van der Waals surface area contributed by atoms with E-state index in [1.807, 2.05) is 6.92 Å². The number of nitrogens with one attached hydrogen (secondary N) is 1. The van der Waals surface area contributed by atoms with Crippen molar-refractivity contribution in [1.82, 2.24) is 5.32 Å². The summed E-state index contributed by atoms with van der Waals surface area (Å²) in [6.07, 6.45) is -0.391. The molecule has 9 heavy (non-hydrogen) atoms. The number of hydrogen-bond donors (Lipinski definition) is 1. The summed E-state index contributed by atoms with van der Waals surface area (Å²) >= 11 is 0. The third-order valence-corrected chi connectivity index (χ3v) is 1.33. The summed E-state index contributed by atoms with van der Waals surface area (Å²) < 4.78 is 4.65. The molecule has 1 aliphatic heterocycles. The average molecular weight is 127 g/mol. The zero-order valence-electron chi connectivity index (χ0n) is 5.31. The van der Waals surface area contributed by atoms with Crippen LogP contribution in [0.4, 0.5) is 4.79 Å². The van der Waals surface area contributed by atoms with Crippen LogP contribution in [-0.2, 0) is 4.74 Å². The smallest absolute Gasteiger partial charge is 0.412 e. The molecular weight excluding hydrogens is 118 g/mol. The first-order valence-corrected chi connectivity index (χ1v) is 2.84.